The van der Waals surface area contributed by atoms with E-state index in [2.05, 4.69) is 0 Å². The highest BCUT2D eigenvalue weighted by molar-refractivity contribution is 8.13. The largest absolute Gasteiger partial charge is 0.423 e. The Labute approximate surface area is 119 Å². The van der Waals surface area contributed by atoms with Crippen LogP contribution in [0.15, 0.2) is 51.7 Å². The van der Waals surface area contributed by atoms with Crippen LogP contribution in [0.5, 0.6) is 0 Å². The van der Waals surface area contributed by atoms with Gasteiger partial charge in [-0.2, -0.15) is 0 Å². The summed E-state index contributed by atoms with van der Waals surface area (Å²) in [5.41, 5.74) is 6.40. The summed E-state index contributed by atoms with van der Waals surface area (Å²) in [4.78, 5) is 11.6. The average molecular weight is 284 g/mol. The van der Waals surface area contributed by atoms with Gasteiger partial charge in [-0.15, -0.1) is 0 Å². The third-order valence-electron chi connectivity index (χ3n) is 3.10. The standard InChI is InChI=1S/C15H12N2O2S/c16-15(17)20-8-10-7-13(18)19-12-6-5-9-3-1-2-4-11(9)14(10)12/h1-7H,8H2,(H3,16,17). The van der Waals surface area contributed by atoms with Crippen molar-refractivity contribution < 1.29 is 4.42 Å². The minimum absolute atomic E-state index is 0.0339. The first-order valence-electron chi connectivity index (χ1n) is 6.06. The summed E-state index contributed by atoms with van der Waals surface area (Å²) in [6, 6.07) is 13.2. The maximum Gasteiger partial charge on any atom is 0.336 e. The second kappa shape index (κ2) is 5.02. The third kappa shape index (κ3) is 2.28. The number of hydrogen-bond acceptors (Lipinski definition) is 4. The highest BCUT2D eigenvalue weighted by atomic mass is 32.2. The number of amidine groups is 1. The molecule has 3 rings (SSSR count). The summed E-state index contributed by atoms with van der Waals surface area (Å²) in [5.74, 6) is 0.478. The molecule has 5 heteroatoms. The summed E-state index contributed by atoms with van der Waals surface area (Å²) in [5, 5.41) is 10.4. The Morgan fingerprint density at radius 2 is 2.05 bits per heavy atom. The lowest BCUT2D eigenvalue weighted by Gasteiger charge is -2.08. The number of hydrogen-bond donors (Lipinski definition) is 2. The number of thioether (sulfide) groups is 1. The molecule has 0 bridgehead atoms. The van der Waals surface area contributed by atoms with Gasteiger partial charge < -0.3 is 10.2 Å². The first kappa shape index (κ1) is 12.7. The van der Waals surface area contributed by atoms with Gasteiger partial charge in [0.2, 0.25) is 0 Å². The van der Waals surface area contributed by atoms with Crippen molar-refractivity contribution in [1.29, 1.82) is 5.41 Å². The number of nitrogens with one attached hydrogen (secondary N) is 1. The van der Waals surface area contributed by atoms with E-state index in [0.29, 0.717) is 11.3 Å². The van der Waals surface area contributed by atoms with Crippen LogP contribution in [0.4, 0.5) is 0 Å². The van der Waals surface area contributed by atoms with Gasteiger partial charge in [0.1, 0.15) is 5.58 Å². The number of nitrogens with two attached hydrogens (primary N) is 1. The molecular weight excluding hydrogens is 272 g/mol. The van der Waals surface area contributed by atoms with Crippen molar-refractivity contribution >= 4 is 38.7 Å². The average Bonchev–Trinajstić information content (AvgIpc) is 2.44. The molecule has 2 aromatic carbocycles. The minimum atomic E-state index is -0.382. The van der Waals surface area contributed by atoms with Crippen molar-refractivity contribution in [3.05, 3.63) is 58.4 Å². The van der Waals surface area contributed by atoms with E-state index < -0.39 is 0 Å². The Hall–Kier alpha value is -2.27. The molecule has 4 nitrogen and oxygen atoms in total. The zero-order chi connectivity index (χ0) is 14.1. The van der Waals surface area contributed by atoms with E-state index >= 15 is 0 Å². The van der Waals surface area contributed by atoms with E-state index in [9.17, 15) is 4.79 Å². The van der Waals surface area contributed by atoms with Crippen LogP contribution >= 0.6 is 11.8 Å². The normalized spacial score (nSPS) is 11.0. The second-order valence-corrected chi connectivity index (χ2v) is 5.42. The molecule has 0 saturated carbocycles. The van der Waals surface area contributed by atoms with Crippen LogP contribution < -0.4 is 11.4 Å². The van der Waals surface area contributed by atoms with Crippen molar-refractivity contribution in [3.63, 3.8) is 0 Å². The van der Waals surface area contributed by atoms with Gasteiger partial charge in [0.15, 0.2) is 5.17 Å². The lowest BCUT2D eigenvalue weighted by molar-refractivity contribution is 0.560. The second-order valence-electron chi connectivity index (χ2n) is 4.40. The summed E-state index contributed by atoms with van der Waals surface area (Å²) in [7, 11) is 0. The van der Waals surface area contributed by atoms with Crippen LogP contribution in [0.2, 0.25) is 0 Å². The van der Waals surface area contributed by atoms with Crippen molar-refractivity contribution in [2.45, 2.75) is 5.75 Å². The number of rotatable bonds is 2. The fourth-order valence-corrected chi connectivity index (χ4v) is 2.83. The van der Waals surface area contributed by atoms with Gasteiger partial charge in [-0.05, 0) is 22.4 Å². The first-order valence-corrected chi connectivity index (χ1v) is 7.05. The van der Waals surface area contributed by atoms with E-state index in [-0.39, 0.29) is 10.8 Å². The van der Waals surface area contributed by atoms with E-state index in [1.807, 2.05) is 30.3 Å². The maximum atomic E-state index is 11.6. The molecule has 0 saturated heterocycles. The van der Waals surface area contributed by atoms with Gasteiger partial charge in [-0.25, -0.2) is 4.79 Å². The summed E-state index contributed by atoms with van der Waals surface area (Å²) in [6.07, 6.45) is 0. The first-order chi connectivity index (χ1) is 9.65. The van der Waals surface area contributed by atoms with Crippen LogP contribution in [-0.4, -0.2) is 5.17 Å². The van der Waals surface area contributed by atoms with E-state index in [4.69, 9.17) is 15.6 Å². The zero-order valence-corrected chi connectivity index (χ0v) is 11.4. The molecule has 0 amide bonds. The van der Waals surface area contributed by atoms with Crippen molar-refractivity contribution in [2.24, 2.45) is 5.73 Å². The van der Waals surface area contributed by atoms with Crippen LogP contribution in [-0.2, 0) is 5.75 Å². The quantitative estimate of drug-likeness (QED) is 0.328. The fraction of sp³-hybridized carbons (Fsp3) is 0.0667. The fourth-order valence-electron chi connectivity index (χ4n) is 2.29. The topological polar surface area (TPSA) is 80.1 Å². The Morgan fingerprint density at radius 1 is 1.25 bits per heavy atom. The molecule has 1 aromatic heterocycles. The van der Waals surface area contributed by atoms with Crippen LogP contribution in [0.3, 0.4) is 0 Å². The summed E-state index contributed by atoms with van der Waals surface area (Å²) >= 11 is 1.20. The monoisotopic (exact) mass is 284 g/mol. The Kier molecular flexibility index (Phi) is 3.20. The van der Waals surface area contributed by atoms with Gasteiger partial charge in [-0.1, -0.05) is 42.1 Å². The Bertz CT molecular complexity index is 871. The Morgan fingerprint density at radius 3 is 2.85 bits per heavy atom. The molecule has 0 aliphatic carbocycles. The summed E-state index contributed by atoms with van der Waals surface area (Å²) in [6.45, 7) is 0. The van der Waals surface area contributed by atoms with Gasteiger partial charge in [0.05, 0.1) is 0 Å². The van der Waals surface area contributed by atoms with Crippen molar-refractivity contribution in [2.75, 3.05) is 0 Å². The van der Waals surface area contributed by atoms with Gasteiger partial charge >= 0.3 is 5.63 Å². The molecule has 20 heavy (non-hydrogen) atoms. The van der Waals surface area contributed by atoms with Crippen LogP contribution in [0, 0.1) is 5.41 Å². The zero-order valence-electron chi connectivity index (χ0n) is 10.6. The maximum absolute atomic E-state index is 11.6. The highest BCUT2D eigenvalue weighted by Crippen LogP contribution is 2.29. The van der Waals surface area contributed by atoms with Crippen LogP contribution in [0.1, 0.15) is 5.56 Å². The SMILES string of the molecule is N=C(N)SCc1cc(=O)oc2ccc3ccccc3c12. The van der Waals surface area contributed by atoms with Gasteiger partial charge in [-0.3, -0.25) is 5.41 Å². The molecule has 0 radical (unpaired) electrons. The highest BCUT2D eigenvalue weighted by Gasteiger charge is 2.10. The lowest BCUT2D eigenvalue weighted by Crippen LogP contribution is -2.06. The predicted molar refractivity (Wildman–Crippen MR) is 83.2 cm³/mol. The number of benzene rings is 2. The van der Waals surface area contributed by atoms with Crippen LogP contribution in [0.25, 0.3) is 21.7 Å². The summed E-state index contributed by atoms with van der Waals surface area (Å²) < 4.78 is 5.27. The molecule has 0 unspecified atom stereocenters. The van der Waals surface area contributed by atoms with Crippen molar-refractivity contribution in [1.82, 2.24) is 0 Å². The van der Waals surface area contributed by atoms with Gasteiger partial charge in [0.25, 0.3) is 0 Å². The molecule has 0 atom stereocenters. The van der Waals surface area contributed by atoms with E-state index in [1.54, 1.807) is 6.07 Å². The molecule has 3 aromatic rings. The minimum Gasteiger partial charge on any atom is -0.423 e. The van der Waals surface area contributed by atoms with Crippen molar-refractivity contribution in [3.8, 4) is 0 Å². The van der Waals surface area contributed by atoms with Gasteiger partial charge in [0, 0.05) is 17.2 Å². The molecule has 0 aliphatic heterocycles. The lowest BCUT2D eigenvalue weighted by atomic mass is 10.0. The molecule has 100 valence electrons. The molecule has 0 fully saturated rings. The molecular formula is C15H12N2O2S. The Balaban J connectivity index is 2.33. The third-order valence-corrected chi connectivity index (χ3v) is 3.86. The number of fused-ring (bicyclic) bond motifs is 3. The molecule has 3 N–H and O–H groups in total. The smallest absolute Gasteiger partial charge is 0.336 e. The molecule has 1 heterocycles. The predicted octanol–water partition coefficient (Wildman–Crippen LogP) is 3.07. The van der Waals surface area contributed by atoms with E-state index in [1.165, 1.54) is 17.8 Å². The molecule has 0 aliphatic rings. The van der Waals surface area contributed by atoms with E-state index in [0.717, 1.165) is 21.7 Å². The molecule has 0 spiro atoms.